The molecule has 1 aromatic heterocycles. The number of ether oxygens (including phenoxy) is 3. The van der Waals surface area contributed by atoms with E-state index in [-0.39, 0.29) is 18.3 Å². The summed E-state index contributed by atoms with van der Waals surface area (Å²) in [6, 6.07) is 13.8. The van der Waals surface area contributed by atoms with Crippen LogP contribution in [0.3, 0.4) is 0 Å². The Balaban J connectivity index is 1.75. The molecule has 1 amide bonds. The number of alkyl carbamates (subject to hydrolysis) is 1. The first-order chi connectivity index (χ1) is 16.4. The number of halogens is 3. The first-order valence-corrected chi connectivity index (χ1v) is 10.9. The molecule has 0 aliphatic rings. The van der Waals surface area contributed by atoms with Gasteiger partial charge in [0.15, 0.2) is 5.69 Å². The van der Waals surface area contributed by atoms with Crippen molar-refractivity contribution in [3.63, 3.8) is 0 Å². The Labute approximate surface area is 201 Å². The summed E-state index contributed by atoms with van der Waals surface area (Å²) in [4.78, 5) is 11.9. The Morgan fingerprint density at radius 3 is 2.17 bits per heavy atom. The number of nitrogens with one attached hydrogen (secondary N) is 1. The van der Waals surface area contributed by atoms with Gasteiger partial charge in [-0.05, 0) is 82.3 Å². The molecule has 7 nitrogen and oxygen atoms in total. The maximum absolute atomic E-state index is 13.4. The quantitative estimate of drug-likeness (QED) is 0.448. The smallest absolute Gasteiger partial charge is 0.435 e. The molecule has 0 aliphatic heterocycles. The van der Waals surface area contributed by atoms with Gasteiger partial charge < -0.3 is 19.5 Å². The second-order valence-corrected chi connectivity index (χ2v) is 8.91. The number of carbonyl (C=O) groups excluding carboxylic acids is 1. The molecule has 0 bridgehead atoms. The van der Waals surface area contributed by atoms with Crippen molar-refractivity contribution in [2.75, 3.05) is 13.7 Å². The summed E-state index contributed by atoms with van der Waals surface area (Å²) in [5, 5.41) is 6.47. The minimum absolute atomic E-state index is 0.181. The van der Waals surface area contributed by atoms with Crippen molar-refractivity contribution < 1.29 is 32.2 Å². The van der Waals surface area contributed by atoms with Crippen LogP contribution in [0.5, 0.6) is 11.5 Å². The molecule has 10 heteroatoms. The third-order valence-corrected chi connectivity index (χ3v) is 4.73. The topological polar surface area (TPSA) is 74.6 Å². The molecule has 188 valence electrons. The summed E-state index contributed by atoms with van der Waals surface area (Å²) < 4.78 is 57.5. The SMILES string of the molecule is COc1ccc(-n2nc(C(F)(F)F)cc2-c2ccc(OC[C@@H](C)NC(=O)OC(C)(C)C)cc2)cc1. The number of amides is 1. The summed E-state index contributed by atoms with van der Waals surface area (Å²) in [6.07, 6.45) is -5.14. The van der Waals surface area contributed by atoms with Crippen LogP contribution in [0.25, 0.3) is 16.9 Å². The Bertz CT molecular complexity index is 1130. The van der Waals surface area contributed by atoms with E-state index in [9.17, 15) is 18.0 Å². The number of hydrogen-bond acceptors (Lipinski definition) is 5. The van der Waals surface area contributed by atoms with Crippen molar-refractivity contribution in [3.05, 3.63) is 60.3 Å². The number of hydrogen-bond donors (Lipinski definition) is 1. The van der Waals surface area contributed by atoms with Crippen molar-refractivity contribution in [2.45, 2.75) is 45.5 Å². The normalized spacial score (nSPS) is 12.7. The molecule has 0 saturated carbocycles. The largest absolute Gasteiger partial charge is 0.497 e. The lowest BCUT2D eigenvalue weighted by Crippen LogP contribution is -2.40. The Morgan fingerprint density at radius 1 is 1.03 bits per heavy atom. The fraction of sp³-hybridized carbons (Fsp3) is 0.360. The molecule has 0 aliphatic carbocycles. The highest BCUT2D eigenvalue weighted by Gasteiger charge is 2.35. The summed E-state index contributed by atoms with van der Waals surface area (Å²) in [7, 11) is 1.51. The number of aromatic nitrogens is 2. The van der Waals surface area contributed by atoms with E-state index in [4.69, 9.17) is 14.2 Å². The summed E-state index contributed by atoms with van der Waals surface area (Å²) in [6.45, 7) is 7.26. The van der Waals surface area contributed by atoms with Crippen LogP contribution in [-0.2, 0) is 10.9 Å². The van der Waals surface area contributed by atoms with E-state index in [1.807, 2.05) is 0 Å². The zero-order valence-corrected chi connectivity index (χ0v) is 20.1. The molecule has 1 N–H and O–H groups in total. The molecule has 2 aromatic carbocycles. The maximum atomic E-state index is 13.4. The van der Waals surface area contributed by atoms with E-state index in [0.717, 1.165) is 6.07 Å². The molecule has 0 spiro atoms. The van der Waals surface area contributed by atoms with E-state index >= 15 is 0 Å². The van der Waals surface area contributed by atoms with Gasteiger partial charge in [-0.25, -0.2) is 9.48 Å². The minimum atomic E-state index is -4.59. The van der Waals surface area contributed by atoms with Gasteiger partial charge in [0, 0.05) is 5.56 Å². The third kappa shape index (κ3) is 7.14. The zero-order chi connectivity index (χ0) is 25.8. The average molecular weight is 492 g/mol. The molecule has 0 radical (unpaired) electrons. The van der Waals surface area contributed by atoms with E-state index < -0.39 is 23.6 Å². The van der Waals surface area contributed by atoms with Crippen molar-refractivity contribution in [3.8, 4) is 28.4 Å². The lowest BCUT2D eigenvalue weighted by Gasteiger charge is -2.22. The van der Waals surface area contributed by atoms with Crippen molar-refractivity contribution in [1.82, 2.24) is 15.1 Å². The number of benzene rings is 2. The molecule has 1 atom stereocenters. The van der Waals surface area contributed by atoms with Gasteiger partial charge in [-0.3, -0.25) is 0 Å². The molecule has 3 aromatic rings. The lowest BCUT2D eigenvalue weighted by molar-refractivity contribution is -0.141. The van der Waals surface area contributed by atoms with Crippen LogP contribution in [0, 0.1) is 0 Å². The molecular weight excluding hydrogens is 463 g/mol. The fourth-order valence-corrected chi connectivity index (χ4v) is 3.14. The monoisotopic (exact) mass is 491 g/mol. The molecule has 0 saturated heterocycles. The van der Waals surface area contributed by atoms with Crippen LogP contribution in [-0.4, -0.2) is 41.2 Å². The fourth-order valence-electron chi connectivity index (χ4n) is 3.14. The third-order valence-electron chi connectivity index (χ3n) is 4.73. The predicted octanol–water partition coefficient (Wildman–Crippen LogP) is 5.86. The van der Waals surface area contributed by atoms with E-state index in [1.165, 1.54) is 11.8 Å². The molecule has 35 heavy (non-hydrogen) atoms. The van der Waals surface area contributed by atoms with Gasteiger partial charge in [-0.2, -0.15) is 18.3 Å². The van der Waals surface area contributed by atoms with Gasteiger partial charge in [0.2, 0.25) is 0 Å². The summed E-state index contributed by atoms with van der Waals surface area (Å²) in [5.41, 5.74) is -0.348. The molecular formula is C25H28F3N3O4. The van der Waals surface area contributed by atoms with Gasteiger partial charge in [0.25, 0.3) is 0 Å². The Morgan fingerprint density at radius 2 is 1.63 bits per heavy atom. The number of methoxy groups -OCH3 is 1. The second-order valence-electron chi connectivity index (χ2n) is 8.91. The first-order valence-electron chi connectivity index (χ1n) is 10.9. The highest BCUT2D eigenvalue weighted by Crippen LogP contribution is 2.34. The van der Waals surface area contributed by atoms with Crippen molar-refractivity contribution in [2.24, 2.45) is 0 Å². The number of alkyl halides is 3. The van der Waals surface area contributed by atoms with E-state index in [0.29, 0.717) is 22.7 Å². The summed E-state index contributed by atoms with van der Waals surface area (Å²) in [5.74, 6) is 1.08. The standard InChI is InChI=1S/C25H28F3N3O4/c1-16(29-23(32)35-24(2,3)4)15-34-20-10-6-17(7-11-20)21-14-22(25(26,27)28)30-31(21)18-8-12-19(33-5)13-9-18/h6-14,16H,15H2,1-5H3,(H,29,32)/t16-/m1/s1. The summed E-state index contributed by atoms with van der Waals surface area (Å²) >= 11 is 0. The second kappa shape index (κ2) is 10.3. The Kier molecular flexibility index (Phi) is 7.62. The molecule has 0 unspecified atom stereocenters. The van der Waals surface area contributed by atoms with Gasteiger partial charge in [0.1, 0.15) is 23.7 Å². The molecule has 0 fully saturated rings. The highest BCUT2D eigenvalue weighted by molar-refractivity contribution is 5.68. The maximum Gasteiger partial charge on any atom is 0.435 e. The Hall–Kier alpha value is -3.69. The van der Waals surface area contributed by atoms with Crippen LogP contribution in [0.4, 0.5) is 18.0 Å². The number of rotatable bonds is 7. The van der Waals surface area contributed by atoms with Gasteiger partial charge in [-0.15, -0.1) is 0 Å². The van der Waals surface area contributed by atoms with Gasteiger partial charge in [-0.1, -0.05) is 0 Å². The van der Waals surface area contributed by atoms with Crippen molar-refractivity contribution >= 4 is 6.09 Å². The first kappa shape index (κ1) is 25.9. The zero-order valence-electron chi connectivity index (χ0n) is 20.1. The van der Waals surface area contributed by atoms with Crippen LogP contribution >= 0.6 is 0 Å². The number of nitrogens with zero attached hydrogens (tertiary/aromatic N) is 2. The van der Waals surface area contributed by atoms with Crippen LogP contribution < -0.4 is 14.8 Å². The van der Waals surface area contributed by atoms with Gasteiger partial charge >= 0.3 is 12.3 Å². The van der Waals surface area contributed by atoms with Crippen LogP contribution in [0.1, 0.15) is 33.4 Å². The predicted molar refractivity (Wildman–Crippen MR) is 125 cm³/mol. The van der Waals surface area contributed by atoms with Crippen LogP contribution in [0.15, 0.2) is 54.6 Å². The van der Waals surface area contributed by atoms with E-state index in [1.54, 1.807) is 76.2 Å². The lowest BCUT2D eigenvalue weighted by atomic mass is 10.1. The molecule has 1 heterocycles. The van der Waals surface area contributed by atoms with Crippen molar-refractivity contribution in [1.29, 1.82) is 0 Å². The van der Waals surface area contributed by atoms with E-state index in [2.05, 4.69) is 10.4 Å². The highest BCUT2D eigenvalue weighted by atomic mass is 19.4. The minimum Gasteiger partial charge on any atom is -0.497 e. The van der Waals surface area contributed by atoms with Gasteiger partial charge in [0.05, 0.1) is 24.5 Å². The number of carbonyl (C=O) groups is 1. The average Bonchev–Trinajstić information content (AvgIpc) is 3.23. The van der Waals surface area contributed by atoms with Crippen LogP contribution in [0.2, 0.25) is 0 Å². The molecule has 3 rings (SSSR count).